The van der Waals surface area contributed by atoms with Gasteiger partial charge in [-0.3, -0.25) is 14.7 Å². The normalized spacial score (nSPS) is 13.6. The molecule has 0 bridgehead atoms. The number of nitrogens with one attached hydrogen (secondary N) is 1. The topological polar surface area (TPSA) is 79.2 Å². The zero-order valence-electron chi connectivity index (χ0n) is 16.5. The first-order valence-electron chi connectivity index (χ1n) is 9.90. The van der Waals surface area contributed by atoms with E-state index in [9.17, 15) is 9.59 Å². The number of nitrogens with zero attached hydrogens (tertiary/aromatic N) is 2. The van der Waals surface area contributed by atoms with E-state index >= 15 is 0 Å². The molecule has 0 unspecified atom stereocenters. The number of hydrogen-bond acceptors (Lipinski definition) is 4. The van der Waals surface area contributed by atoms with Crippen LogP contribution in [0.2, 0.25) is 5.02 Å². The smallest absolute Gasteiger partial charge is 0.246 e. The molecule has 0 saturated carbocycles. The van der Waals surface area contributed by atoms with E-state index in [4.69, 9.17) is 16.0 Å². The summed E-state index contributed by atoms with van der Waals surface area (Å²) in [5.41, 5.74) is 4.51. The van der Waals surface area contributed by atoms with Crippen molar-refractivity contribution in [3.63, 3.8) is 0 Å². The van der Waals surface area contributed by atoms with Crippen molar-refractivity contribution in [3.8, 4) is 11.3 Å². The van der Waals surface area contributed by atoms with Crippen LogP contribution in [-0.4, -0.2) is 27.5 Å². The quantitative estimate of drug-likeness (QED) is 0.486. The Bertz CT molecular complexity index is 1370. The van der Waals surface area contributed by atoms with Gasteiger partial charge in [-0.1, -0.05) is 35.9 Å². The van der Waals surface area contributed by atoms with Gasteiger partial charge in [-0.15, -0.1) is 0 Å². The number of para-hydroxylation sites is 1. The number of halogens is 1. The minimum atomic E-state index is -0.165. The Morgan fingerprint density at radius 2 is 1.97 bits per heavy atom. The van der Waals surface area contributed by atoms with Crippen molar-refractivity contribution in [2.24, 2.45) is 0 Å². The fourth-order valence-electron chi connectivity index (χ4n) is 3.80. The monoisotopic (exact) mass is 431 g/mol. The molecule has 154 valence electrons. The molecule has 0 spiro atoms. The van der Waals surface area contributed by atoms with Crippen LogP contribution in [0.15, 0.2) is 70.1 Å². The van der Waals surface area contributed by atoms with Crippen molar-refractivity contribution in [2.45, 2.75) is 13.0 Å². The van der Waals surface area contributed by atoms with Crippen molar-refractivity contribution in [2.75, 3.05) is 6.54 Å². The second-order valence-electron chi connectivity index (χ2n) is 7.40. The van der Waals surface area contributed by atoms with E-state index in [1.54, 1.807) is 23.1 Å². The third-order valence-corrected chi connectivity index (χ3v) is 5.73. The van der Waals surface area contributed by atoms with E-state index < -0.39 is 0 Å². The number of carbonyl (C=O) groups excluding carboxylic acids is 1. The summed E-state index contributed by atoms with van der Waals surface area (Å²) in [6.45, 7) is 1.02. The highest BCUT2D eigenvalue weighted by Crippen LogP contribution is 2.29. The molecule has 0 atom stereocenters. The second kappa shape index (κ2) is 7.89. The summed E-state index contributed by atoms with van der Waals surface area (Å²) in [4.78, 5) is 27.2. The Morgan fingerprint density at radius 1 is 1.16 bits per heavy atom. The number of benzene rings is 2. The first-order chi connectivity index (χ1) is 15.1. The zero-order chi connectivity index (χ0) is 21.4. The molecule has 5 rings (SSSR count). The minimum Gasteiger partial charge on any atom is -0.463 e. The lowest BCUT2D eigenvalue weighted by atomic mass is 10.0. The predicted octanol–water partition coefficient (Wildman–Crippen LogP) is 4.43. The second-order valence-corrected chi connectivity index (χ2v) is 7.83. The number of aromatic amines is 1. The number of fused-ring (bicyclic) bond motifs is 2. The van der Waals surface area contributed by atoms with Crippen LogP contribution in [-0.2, 0) is 17.8 Å². The molecular formula is C24H18ClN3O3. The number of carbonyl (C=O) groups is 1. The summed E-state index contributed by atoms with van der Waals surface area (Å²) in [5, 5.41) is 8.69. The molecule has 3 heterocycles. The Morgan fingerprint density at radius 3 is 2.81 bits per heavy atom. The van der Waals surface area contributed by atoms with Crippen LogP contribution in [0.3, 0.4) is 0 Å². The summed E-state index contributed by atoms with van der Waals surface area (Å²) in [7, 11) is 0. The molecule has 0 fully saturated rings. The fourth-order valence-corrected chi connectivity index (χ4v) is 3.93. The molecule has 2 aromatic heterocycles. The van der Waals surface area contributed by atoms with E-state index in [0.717, 1.165) is 22.5 Å². The Labute approximate surface area is 182 Å². The highest BCUT2D eigenvalue weighted by Gasteiger charge is 2.24. The summed E-state index contributed by atoms with van der Waals surface area (Å²) in [6.07, 6.45) is 5.02. The van der Waals surface area contributed by atoms with Gasteiger partial charge < -0.3 is 9.32 Å². The van der Waals surface area contributed by atoms with Crippen LogP contribution in [0, 0.1) is 0 Å². The highest BCUT2D eigenvalue weighted by molar-refractivity contribution is 6.30. The van der Waals surface area contributed by atoms with Gasteiger partial charge in [0.15, 0.2) is 5.43 Å². The van der Waals surface area contributed by atoms with E-state index in [1.165, 1.54) is 18.4 Å². The van der Waals surface area contributed by atoms with Gasteiger partial charge in [-0.05, 0) is 30.3 Å². The number of rotatable bonds is 3. The van der Waals surface area contributed by atoms with Gasteiger partial charge in [-0.2, -0.15) is 5.10 Å². The lowest BCUT2D eigenvalue weighted by Gasteiger charge is -2.26. The molecule has 0 radical (unpaired) electrons. The predicted molar refractivity (Wildman–Crippen MR) is 120 cm³/mol. The average Bonchev–Trinajstić information content (AvgIpc) is 3.22. The summed E-state index contributed by atoms with van der Waals surface area (Å²) in [5.74, 6) is -0.165. The third kappa shape index (κ3) is 3.66. The average molecular weight is 432 g/mol. The molecule has 7 heteroatoms. The lowest BCUT2D eigenvalue weighted by Crippen LogP contribution is -2.34. The Hall–Kier alpha value is -3.64. The van der Waals surface area contributed by atoms with E-state index in [2.05, 4.69) is 10.2 Å². The van der Waals surface area contributed by atoms with Gasteiger partial charge in [-0.25, -0.2) is 0 Å². The largest absolute Gasteiger partial charge is 0.463 e. The molecule has 31 heavy (non-hydrogen) atoms. The van der Waals surface area contributed by atoms with Crippen molar-refractivity contribution in [1.29, 1.82) is 0 Å². The molecule has 2 aromatic carbocycles. The maximum atomic E-state index is 12.8. The minimum absolute atomic E-state index is 0.160. The van der Waals surface area contributed by atoms with Gasteiger partial charge in [0.25, 0.3) is 0 Å². The summed E-state index contributed by atoms with van der Waals surface area (Å²) in [6, 6.07) is 14.5. The van der Waals surface area contributed by atoms with E-state index in [-0.39, 0.29) is 11.3 Å². The first kappa shape index (κ1) is 19.3. The SMILES string of the molecule is O=C(/C=C/c1coc2ccccc2c1=O)N1CCc2[nH]nc(-c3ccc(Cl)cc3)c2C1. The van der Waals surface area contributed by atoms with Gasteiger partial charge in [0.05, 0.1) is 16.6 Å². The van der Waals surface area contributed by atoms with Crippen molar-refractivity contribution < 1.29 is 9.21 Å². The Balaban J connectivity index is 1.38. The maximum absolute atomic E-state index is 12.8. The van der Waals surface area contributed by atoms with E-state index in [1.807, 2.05) is 30.3 Å². The Kier molecular flexibility index (Phi) is 4.92. The van der Waals surface area contributed by atoms with Crippen molar-refractivity contribution >= 4 is 34.6 Å². The molecule has 1 N–H and O–H groups in total. The van der Waals surface area contributed by atoms with Crippen molar-refractivity contribution in [1.82, 2.24) is 15.1 Å². The fraction of sp³-hybridized carbons (Fsp3) is 0.125. The van der Waals surface area contributed by atoms with Gasteiger partial charge in [0.2, 0.25) is 5.91 Å². The van der Waals surface area contributed by atoms with Crippen LogP contribution in [0.1, 0.15) is 16.8 Å². The third-order valence-electron chi connectivity index (χ3n) is 5.48. The molecule has 6 nitrogen and oxygen atoms in total. The number of aromatic nitrogens is 2. The van der Waals surface area contributed by atoms with Crippen LogP contribution in [0.25, 0.3) is 28.3 Å². The molecule has 4 aromatic rings. The van der Waals surface area contributed by atoms with Crippen LogP contribution >= 0.6 is 11.6 Å². The molecule has 0 aliphatic carbocycles. The number of H-pyrrole nitrogens is 1. The number of amides is 1. The maximum Gasteiger partial charge on any atom is 0.246 e. The van der Waals surface area contributed by atoms with Crippen LogP contribution in [0.5, 0.6) is 0 Å². The van der Waals surface area contributed by atoms with Crippen molar-refractivity contribution in [3.05, 3.63) is 92.9 Å². The first-order valence-corrected chi connectivity index (χ1v) is 10.3. The van der Waals surface area contributed by atoms with Gasteiger partial charge in [0.1, 0.15) is 11.8 Å². The summed E-state index contributed by atoms with van der Waals surface area (Å²) >= 11 is 5.99. The van der Waals surface area contributed by atoms with Gasteiger partial charge in [0, 0.05) is 47.4 Å². The van der Waals surface area contributed by atoms with Crippen LogP contribution in [0.4, 0.5) is 0 Å². The zero-order valence-corrected chi connectivity index (χ0v) is 17.2. The van der Waals surface area contributed by atoms with Crippen LogP contribution < -0.4 is 5.43 Å². The standard InChI is InChI=1S/C24H18ClN3O3/c25-17-8-5-15(6-9-17)23-19-13-28(12-11-20(19)26-27-23)22(29)10-7-16-14-31-21-4-2-1-3-18(21)24(16)30/h1-10,14H,11-13H2,(H,26,27)/b10-7+. The summed E-state index contributed by atoms with van der Waals surface area (Å²) < 4.78 is 5.51. The van der Waals surface area contributed by atoms with E-state index in [0.29, 0.717) is 41.1 Å². The molecule has 1 amide bonds. The highest BCUT2D eigenvalue weighted by atomic mass is 35.5. The van der Waals surface area contributed by atoms with Gasteiger partial charge >= 0.3 is 0 Å². The number of hydrogen-bond donors (Lipinski definition) is 1. The lowest BCUT2D eigenvalue weighted by molar-refractivity contribution is -0.126. The molecule has 1 aliphatic rings. The molecule has 1 aliphatic heterocycles. The molecular weight excluding hydrogens is 414 g/mol. The molecule has 0 saturated heterocycles.